The Bertz CT molecular complexity index is 865. The molecule has 26 heavy (non-hydrogen) atoms. The molecular weight excluding hydrogens is 322 g/mol. The van der Waals surface area contributed by atoms with Crippen molar-refractivity contribution in [2.45, 2.75) is 26.7 Å². The van der Waals surface area contributed by atoms with E-state index in [1.54, 1.807) is 6.07 Å². The molecule has 3 heteroatoms. The van der Waals surface area contributed by atoms with Crippen LogP contribution in [0.2, 0.25) is 0 Å². The van der Waals surface area contributed by atoms with Gasteiger partial charge in [0.2, 0.25) is 0 Å². The molecule has 0 aliphatic heterocycles. The van der Waals surface area contributed by atoms with Crippen LogP contribution in [-0.4, -0.2) is 5.91 Å². The third kappa shape index (κ3) is 3.94. The predicted molar refractivity (Wildman–Crippen MR) is 106 cm³/mol. The van der Waals surface area contributed by atoms with Crippen LogP contribution in [0.4, 0.5) is 5.69 Å². The van der Waals surface area contributed by atoms with Crippen molar-refractivity contribution in [3.05, 3.63) is 89.5 Å². The highest BCUT2D eigenvalue weighted by Crippen LogP contribution is 2.28. The topological polar surface area (TPSA) is 38.3 Å². The van der Waals surface area contributed by atoms with Crippen LogP contribution in [-0.2, 0) is 12.8 Å². The second kappa shape index (κ2) is 8.34. The summed E-state index contributed by atoms with van der Waals surface area (Å²) in [5.41, 5.74) is 3.71. The maximum atomic E-state index is 13.0. The smallest absolute Gasteiger partial charge is 0.259 e. The fourth-order valence-corrected chi connectivity index (χ4v) is 2.94. The normalized spacial score (nSPS) is 10.4. The Hall–Kier alpha value is -3.07. The first-order valence-corrected chi connectivity index (χ1v) is 8.97. The molecule has 0 aliphatic rings. The molecule has 0 aromatic heterocycles. The van der Waals surface area contributed by atoms with Crippen molar-refractivity contribution in [3.8, 4) is 11.5 Å². The van der Waals surface area contributed by atoms with E-state index in [-0.39, 0.29) is 5.91 Å². The van der Waals surface area contributed by atoms with Gasteiger partial charge in [0.1, 0.15) is 11.5 Å². The first-order chi connectivity index (χ1) is 12.7. The molecule has 0 fully saturated rings. The summed E-state index contributed by atoms with van der Waals surface area (Å²) in [5, 5.41) is 3.10. The maximum Gasteiger partial charge on any atom is 0.259 e. The molecule has 1 N–H and O–H groups in total. The number of amides is 1. The molecule has 3 aromatic carbocycles. The summed E-state index contributed by atoms with van der Waals surface area (Å²) in [4.78, 5) is 13.0. The highest BCUT2D eigenvalue weighted by Gasteiger charge is 2.16. The van der Waals surface area contributed by atoms with Crippen LogP contribution in [0.1, 0.15) is 35.3 Å². The van der Waals surface area contributed by atoms with Gasteiger partial charge in [0.15, 0.2) is 0 Å². The average molecular weight is 345 g/mol. The fraction of sp³-hybridized carbons (Fsp3) is 0.174. The van der Waals surface area contributed by atoms with Gasteiger partial charge in [0.25, 0.3) is 5.91 Å². The van der Waals surface area contributed by atoms with Gasteiger partial charge in [-0.2, -0.15) is 0 Å². The molecule has 0 bridgehead atoms. The predicted octanol–water partition coefficient (Wildman–Crippen LogP) is 5.86. The molecule has 1 amide bonds. The van der Waals surface area contributed by atoms with E-state index in [0.717, 1.165) is 29.7 Å². The van der Waals surface area contributed by atoms with Crippen molar-refractivity contribution in [2.24, 2.45) is 0 Å². The van der Waals surface area contributed by atoms with E-state index in [1.807, 2.05) is 54.6 Å². The van der Waals surface area contributed by atoms with Gasteiger partial charge in [-0.05, 0) is 48.2 Å². The van der Waals surface area contributed by atoms with Crippen LogP contribution in [0.5, 0.6) is 11.5 Å². The SMILES string of the molecule is CCc1cccc(CC)c1NC(=O)c1ccccc1Oc1ccccc1. The van der Waals surface area contributed by atoms with Gasteiger partial charge in [-0.1, -0.05) is 62.4 Å². The number of hydrogen-bond donors (Lipinski definition) is 1. The Morgan fingerprint density at radius 1 is 0.808 bits per heavy atom. The van der Waals surface area contributed by atoms with Crippen LogP contribution in [0.25, 0.3) is 0 Å². The van der Waals surface area contributed by atoms with E-state index < -0.39 is 0 Å². The van der Waals surface area contributed by atoms with Crippen molar-refractivity contribution in [2.75, 3.05) is 5.32 Å². The molecule has 0 spiro atoms. The van der Waals surface area contributed by atoms with Crippen molar-refractivity contribution in [1.82, 2.24) is 0 Å². The third-order valence-electron chi connectivity index (χ3n) is 4.34. The quantitative estimate of drug-likeness (QED) is 0.608. The summed E-state index contributed by atoms with van der Waals surface area (Å²) in [5.74, 6) is 1.09. The first kappa shape index (κ1) is 17.7. The number of carbonyl (C=O) groups is 1. The van der Waals surface area contributed by atoms with E-state index in [4.69, 9.17) is 4.74 Å². The van der Waals surface area contributed by atoms with Crippen molar-refractivity contribution in [3.63, 3.8) is 0 Å². The highest BCUT2D eigenvalue weighted by atomic mass is 16.5. The number of aryl methyl sites for hydroxylation is 2. The minimum atomic E-state index is -0.160. The monoisotopic (exact) mass is 345 g/mol. The lowest BCUT2D eigenvalue weighted by molar-refractivity contribution is 0.102. The van der Waals surface area contributed by atoms with Gasteiger partial charge in [0, 0.05) is 5.69 Å². The molecule has 3 nitrogen and oxygen atoms in total. The molecule has 0 atom stereocenters. The van der Waals surface area contributed by atoms with Crippen LogP contribution in [0.15, 0.2) is 72.8 Å². The van der Waals surface area contributed by atoms with E-state index in [2.05, 4.69) is 31.3 Å². The highest BCUT2D eigenvalue weighted by molar-refractivity contribution is 6.07. The van der Waals surface area contributed by atoms with Gasteiger partial charge in [0.05, 0.1) is 5.56 Å². The van der Waals surface area contributed by atoms with E-state index in [9.17, 15) is 4.79 Å². The summed E-state index contributed by atoms with van der Waals surface area (Å²) >= 11 is 0. The molecular formula is C23H23NO2. The van der Waals surface area contributed by atoms with Crippen molar-refractivity contribution >= 4 is 11.6 Å². The Balaban J connectivity index is 1.90. The average Bonchev–Trinajstić information content (AvgIpc) is 2.69. The maximum absolute atomic E-state index is 13.0. The minimum Gasteiger partial charge on any atom is -0.457 e. The second-order valence-corrected chi connectivity index (χ2v) is 6.02. The lowest BCUT2D eigenvalue weighted by atomic mass is 10.0. The lowest BCUT2D eigenvalue weighted by Gasteiger charge is -2.16. The van der Waals surface area contributed by atoms with Crippen LogP contribution in [0, 0.1) is 0 Å². The lowest BCUT2D eigenvalue weighted by Crippen LogP contribution is -2.15. The zero-order valence-corrected chi connectivity index (χ0v) is 15.2. The molecule has 0 aliphatic carbocycles. The minimum absolute atomic E-state index is 0.160. The van der Waals surface area contributed by atoms with Gasteiger partial charge in [-0.3, -0.25) is 4.79 Å². The molecule has 0 saturated carbocycles. The molecule has 3 rings (SSSR count). The number of anilines is 1. The van der Waals surface area contributed by atoms with Crippen molar-refractivity contribution in [1.29, 1.82) is 0 Å². The fourth-order valence-electron chi connectivity index (χ4n) is 2.94. The summed E-state index contributed by atoms with van der Waals surface area (Å²) < 4.78 is 5.92. The molecule has 0 saturated heterocycles. The Labute approximate surface area is 154 Å². The molecule has 132 valence electrons. The van der Waals surface area contributed by atoms with Crippen LogP contribution < -0.4 is 10.1 Å². The number of hydrogen-bond acceptors (Lipinski definition) is 2. The van der Waals surface area contributed by atoms with Gasteiger partial charge in [-0.25, -0.2) is 0 Å². The number of benzene rings is 3. The van der Waals surface area contributed by atoms with E-state index in [1.165, 1.54) is 0 Å². The van der Waals surface area contributed by atoms with E-state index >= 15 is 0 Å². The standard InChI is InChI=1S/C23H23NO2/c1-3-17-11-10-12-18(4-2)22(17)24-23(25)20-15-8-9-16-21(20)26-19-13-6-5-7-14-19/h5-16H,3-4H2,1-2H3,(H,24,25). The summed E-state index contributed by atoms with van der Waals surface area (Å²) in [7, 11) is 0. The third-order valence-corrected chi connectivity index (χ3v) is 4.34. The number of nitrogens with one attached hydrogen (secondary N) is 1. The van der Waals surface area contributed by atoms with E-state index in [0.29, 0.717) is 17.1 Å². The van der Waals surface area contributed by atoms with Crippen LogP contribution in [0.3, 0.4) is 0 Å². The van der Waals surface area contributed by atoms with Crippen LogP contribution >= 0.6 is 0 Å². The molecule has 0 heterocycles. The summed E-state index contributed by atoms with van der Waals surface area (Å²) in [6.45, 7) is 4.19. The Morgan fingerprint density at radius 3 is 2.08 bits per heavy atom. The molecule has 3 aromatic rings. The number of para-hydroxylation sites is 3. The first-order valence-electron chi connectivity index (χ1n) is 8.97. The number of rotatable bonds is 6. The summed E-state index contributed by atoms with van der Waals surface area (Å²) in [6, 6.07) is 23.0. The zero-order chi connectivity index (χ0) is 18.4. The zero-order valence-electron chi connectivity index (χ0n) is 15.2. The molecule has 0 unspecified atom stereocenters. The number of carbonyl (C=O) groups excluding carboxylic acids is 1. The Morgan fingerprint density at radius 2 is 1.42 bits per heavy atom. The summed E-state index contributed by atoms with van der Waals surface area (Å²) in [6.07, 6.45) is 1.73. The van der Waals surface area contributed by atoms with Gasteiger partial charge < -0.3 is 10.1 Å². The van der Waals surface area contributed by atoms with Crippen molar-refractivity contribution < 1.29 is 9.53 Å². The largest absolute Gasteiger partial charge is 0.457 e. The van der Waals surface area contributed by atoms with Gasteiger partial charge in [-0.15, -0.1) is 0 Å². The number of ether oxygens (including phenoxy) is 1. The second-order valence-electron chi connectivity index (χ2n) is 6.02. The molecule has 0 radical (unpaired) electrons. The van der Waals surface area contributed by atoms with Gasteiger partial charge >= 0.3 is 0 Å². The Kier molecular flexibility index (Phi) is 5.69.